The molecule has 5 nitrogen and oxygen atoms in total. The van der Waals surface area contributed by atoms with Crippen LogP contribution < -0.4 is 14.2 Å². The summed E-state index contributed by atoms with van der Waals surface area (Å²) >= 11 is 0. The topological polar surface area (TPSA) is 48.0 Å². The molecule has 2 aliphatic rings. The van der Waals surface area contributed by atoms with Gasteiger partial charge in [0.2, 0.25) is 5.91 Å². The molecule has 0 bridgehead atoms. The predicted molar refractivity (Wildman–Crippen MR) is 113 cm³/mol. The summed E-state index contributed by atoms with van der Waals surface area (Å²) in [5, 5.41) is 4.56. The number of ether oxygens (including phenoxy) is 3. The smallest absolute Gasteiger partial charge is 0.223 e. The lowest BCUT2D eigenvalue weighted by Crippen LogP contribution is -2.47. The molecular formula is C24H25NO4. The molecule has 2 aliphatic heterocycles. The zero-order valence-electron chi connectivity index (χ0n) is 17.3. The Morgan fingerprint density at radius 3 is 2.24 bits per heavy atom. The van der Waals surface area contributed by atoms with E-state index in [4.69, 9.17) is 14.2 Å². The fourth-order valence-corrected chi connectivity index (χ4v) is 5.14. The second-order valence-electron chi connectivity index (χ2n) is 8.27. The molecule has 5 heteroatoms. The van der Waals surface area contributed by atoms with Gasteiger partial charge in [-0.05, 0) is 76.7 Å². The molecule has 1 amide bonds. The molecular weight excluding hydrogens is 366 g/mol. The van der Waals surface area contributed by atoms with Crippen LogP contribution in [-0.2, 0) is 17.8 Å². The van der Waals surface area contributed by atoms with Gasteiger partial charge in [0, 0.05) is 18.5 Å². The van der Waals surface area contributed by atoms with Crippen LogP contribution in [0.2, 0.25) is 0 Å². The largest absolute Gasteiger partial charge is 0.497 e. The van der Waals surface area contributed by atoms with E-state index in [1.165, 1.54) is 21.9 Å². The third-order valence-electron chi connectivity index (χ3n) is 6.76. The summed E-state index contributed by atoms with van der Waals surface area (Å²) < 4.78 is 16.7. The number of amides is 1. The van der Waals surface area contributed by atoms with Gasteiger partial charge < -0.3 is 19.1 Å². The molecule has 0 saturated carbocycles. The Morgan fingerprint density at radius 1 is 0.862 bits per heavy atom. The molecule has 0 radical (unpaired) electrons. The number of carbonyl (C=O) groups is 1. The molecule has 0 spiro atoms. The van der Waals surface area contributed by atoms with Crippen molar-refractivity contribution in [3.05, 3.63) is 41.5 Å². The Labute approximate surface area is 170 Å². The average molecular weight is 391 g/mol. The molecule has 1 saturated heterocycles. The molecule has 1 fully saturated rings. The first-order valence-electron chi connectivity index (χ1n) is 9.97. The molecule has 0 N–H and O–H groups in total. The first-order chi connectivity index (χ1) is 14.0. The number of nitrogens with zero attached hydrogens (tertiary/aromatic N) is 1. The fourth-order valence-electron chi connectivity index (χ4n) is 5.14. The number of hydrogen-bond donors (Lipinski definition) is 0. The minimum atomic E-state index is -0.121. The first kappa shape index (κ1) is 18.1. The summed E-state index contributed by atoms with van der Waals surface area (Å²) in [4.78, 5) is 14.7. The highest BCUT2D eigenvalue weighted by molar-refractivity contribution is 6.12. The molecule has 3 aromatic rings. The molecule has 150 valence electrons. The van der Waals surface area contributed by atoms with E-state index in [-0.39, 0.29) is 11.4 Å². The number of carbonyl (C=O) groups excluding carboxylic acids is 1. The number of hydrogen-bond acceptors (Lipinski definition) is 4. The van der Waals surface area contributed by atoms with Crippen LogP contribution in [0.1, 0.15) is 30.9 Å². The number of rotatable bonds is 3. The molecule has 2 heterocycles. The summed E-state index contributed by atoms with van der Waals surface area (Å²) in [7, 11) is 5.01. The van der Waals surface area contributed by atoms with Crippen LogP contribution in [0.3, 0.4) is 0 Å². The summed E-state index contributed by atoms with van der Waals surface area (Å²) in [6, 6.07) is 10.3. The Bertz CT molecular complexity index is 1170. The van der Waals surface area contributed by atoms with Crippen LogP contribution in [0.15, 0.2) is 30.3 Å². The van der Waals surface area contributed by atoms with Gasteiger partial charge in [-0.2, -0.15) is 0 Å². The van der Waals surface area contributed by atoms with Gasteiger partial charge in [-0.15, -0.1) is 0 Å². The molecule has 0 aliphatic carbocycles. The Morgan fingerprint density at radius 2 is 1.55 bits per heavy atom. The summed E-state index contributed by atoms with van der Waals surface area (Å²) in [6.45, 7) is 2.86. The monoisotopic (exact) mass is 391 g/mol. The molecule has 1 unspecified atom stereocenters. The molecule has 0 aromatic heterocycles. The van der Waals surface area contributed by atoms with E-state index in [9.17, 15) is 4.79 Å². The summed E-state index contributed by atoms with van der Waals surface area (Å²) in [5.41, 5.74) is 2.42. The van der Waals surface area contributed by atoms with Crippen molar-refractivity contribution < 1.29 is 19.0 Å². The van der Waals surface area contributed by atoms with E-state index in [2.05, 4.69) is 36.1 Å². The van der Waals surface area contributed by atoms with Crippen molar-refractivity contribution in [2.75, 3.05) is 21.3 Å². The van der Waals surface area contributed by atoms with Crippen LogP contribution in [0.4, 0.5) is 0 Å². The lowest BCUT2D eigenvalue weighted by atomic mass is 9.79. The molecule has 3 aromatic carbocycles. The zero-order valence-corrected chi connectivity index (χ0v) is 17.3. The van der Waals surface area contributed by atoms with Crippen LogP contribution in [-0.4, -0.2) is 37.7 Å². The van der Waals surface area contributed by atoms with E-state index in [0.717, 1.165) is 35.1 Å². The van der Waals surface area contributed by atoms with E-state index in [0.29, 0.717) is 18.7 Å². The van der Waals surface area contributed by atoms with Crippen LogP contribution >= 0.6 is 0 Å². The van der Waals surface area contributed by atoms with E-state index in [1.54, 1.807) is 21.3 Å². The second-order valence-corrected chi connectivity index (χ2v) is 8.27. The summed E-state index contributed by atoms with van der Waals surface area (Å²) in [5.74, 6) is 2.50. The van der Waals surface area contributed by atoms with E-state index < -0.39 is 0 Å². The van der Waals surface area contributed by atoms with Gasteiger partial charge in [-0.1, -0.05) is 6.07 Å². The quantitative estimate of drug-likeness (QED) is 0.619. The average Bonchev–Trinajstić information content (AvgIpc) is 3.05. The first-order valence-corrected chi connectivity index (χ1v) is 9.97. The van der Waals surface area contributed by atoms with Gasteiger partial charge in [-0.25, -0.2) is 0 Å². The number of methoxy groups -OCH3 is 3. The van der Waals surface area contributed by atoms with Crippen LogP contribution in [0.25, 0.3) is 21.5 Å². The molecule has 29 heavy (non-hydrogen) atoms. The van der Waals surface area contributed by atoms with Crippen LogP contribution in [0, 0.1) is 0 Å². The SMILES string of the molecule is COc1ccc2c3c(c4cc(OC)c(OC)cc4c2c1)CC1(C)CCC(=O)N1C3. The highest BCUT2D eigenvalue weighted by atomic mass is 16.5. The van der Waals surface area contributed by atoms with Gasteiger partial charge in [0.1, 0.15) is 5.75 Å². The van der Waals surface area contributed by atoms with Crippen molar-refractivity contribution in [1.29, 1.82) is 0 Å². The normalized spacial score (nSPS) is 20.7. The maximum atomic E-state index is 12.6. The molecule has 1 atom stereocenters. The van der Waals surface area contributed by atoms with Gasteiger partial charge in [0.05, 0.1) is 21.3 Å². The maximum absolute atomic E-state index is 12.6. The highest BCUT2D eigenvalue weighted by Gasteiger charge is 2.45. The van der Waals surface area contributed by atoms with Gasteiger partial charge >= 0.3 is 0 Å². The highest BCUT2D eigenvalue weighted by Crippen LogP contribution is 2.47. The van der Waals surface area contributed by atoms with Crippen molar-refractivity contribution in [2.45, 2.75) is 38.3 Å². The number of fused-ring (bicyclic) bond motifs is 7. The minimum Gasteiger partial charge on any atom is -0.497 e. The second kappa shape index (κ2) is 6.28. The standard InChI is InChI=1S/C24H25NO4/c1-24-8-7-23(26)25(24)13-20-15-6-5-14(27-2)9-16(15)17-10-21(28-3)22(29-4)11-18(17)19(20)12-24/h5-6,9-11H,7-8,12-13H2,1-4H3. The van der Waals surface area contributed by atoms with Crippen molar-refractivity contribution in [2.24, 2.45) is 0 Å². The fraction of sp³-hybridized carbons (Fsp3) is 0.375. The van der Waals surface area contributed by atoms with E-state index >= 15 is 0 Å². The summed E-state index contributed by atoms with van der Waals surface area (Å²) in [6.07, 6.45) is 2.38. The minimum absolute atomic E-state index is 0.121. The van der Waals surface area contributed by atoms with Gasteiger partial charge in [-0.3, -0.25) is 4.79 Å². The number of benzene rings is 3. The predicted octanol–water partition coefficient (Wildman–Crippen LogP) is 4.46. The maximum Gasteiger partial charge on any atom is 0.223 e. The Kier molecular flexibility index (Phi) is 3.92. The Hall–Kier alpha value is -2.95. The van der Waals surface area contributed by atoms with Crippen molar-refractivity contribution in [3.8, 4) is 17.2 Å². The lowest BCUT2D eigenvalue weighted by molar-refractivity contribution is -0.132. The zero-order chi connectivity index (χ0) is 20.3. The van der Waals surface area contributed by atoms with Gasteiger partial charge in [0.25, 0.3) is 0 Å². The van der Waals surface area contributed by atoms with Crippen molar-refractivity contribution in [3.63, 3.8) is 0 Å². The van der Waals surface area contributed by atoms with E-state index in [1.807, 2.05) is 6.07 Å². The lowest BCUT2D eigenvalue weighted by Gasteiger charge is -2.41. The third kappa shape index (κ3) is 2.49. The van der Waals surface area contributed by atoms with Crippen molar-refractivity contribution in [1.82, 2.24) is 4.90 Å². The van der Waals surface area contributed by atoms with Crippen molar-refractivity contribution >= 4 is 27.5 Å². The van der Waals surface area contributed by atoms with Gasteiger partial charge in [0.15, 0.2) is 11.5 Å². The molecule has 5 rings (SSSR count). The third-order valence-corrected chi connectivity index (χ3v) is 6.76. The Balaban J connectivity index is 1.89. The van der Waals surface area contributed by atoms with Crippen LogP contribution in [0.5, 0.6) is 17.2 Å².